The summed E-state index contributed by atoms with van der Waals surface area (Å²) in [6.45, 7) is -0.327. The molecule has 8 heteroatoms. The first-order valence-electron chi connectivity index (χ1n) is 7.20. The summed E-state index contributed by atoms with van der Waals surface area (Å²) < 4.78 is 10.4. The lowest BCUT2D eigenvalue weighted by Gasteiger charge is -2.27. The van der Waals surface area contributed by atoms with Gasteiger partial charge in [0.25, 0.3) is 5.91 Å². The molecule has 24 heavy (non-hydrogen) atoms. The quantitative estimate of drug-likeness (QED) is 0.868. The highest BCUT2D eigenvalue weighted by molar-refractivity contribution is 6.04. The second kappa shape index (κ2) is 6.45. The average molecular weight is 328 g/mol. The normalized spacial score (nSPS) is 13.0. The monoisotopic (exact) mass is 328 g/mol. The maximum atomic E-state index is 12.2. The number of hydrogen-bond donors (Lipinski definition) is 2. The lowest BCUT2D eigenvalue weighted by atomic mass is 10.3. The fourth-order valence-corrected chi connectivity index (χ4v) is 2.27. The molecule has 124 valence electrons. The Labute approximate surface area is 138 Å². The summed E-state index contributed by atoms with van der Waals surface area (Å²) in [5.74, 6) is 0.880. The Hall–Kier alpha value is -3.29. The number of aromatic nitrogens is 1. The first-order valence-corrected chi connectivity index (χ1v) is 7.20. The van der Waals surface area contributed by atoms with Gasteiger partial charge in [-0.05, 0) is 36.4 Å². The third kappa shape index (κ3) is 3.22. The number of carbonyl (C=O) groups is 2. The number of nitrogens with one attached hydrogen (secondary N) is 1. The van der Waals surface area contributed by atoms with Crippen LogP contribution in [0.25, 0.3) is 0 Å². The number of carbonyl (C=O) groups excluding carboxylic acids is 2. The molecule has 8 nitrogen and oxygen atoms in total. The summed E-state index contributed by atoms with van der Waals surface area (Å²) in [4.78, 5) is 29.7. The van der Waals surface area contributed by atoms with Crippen molar-refractivity contribution < 1.29 is 19.1 Å². The molecule has 0 fully saturated rings. The van der Waals surface area contributed by atoms with Gasteiger partial charge < -0.3 is 20.5 Å². The zero-order valence-corrected chi connectivity index (χ0v) is 13.0. The molecule has 0 radical (unpaired) electrons. The minimum Gasteiger partial charge on any atom is -0.497 e. The lowest BCUT2D eigenvalue weighted by Crippen LogP contribution is -2.44. The van der Waals surface area contributed by atoms with Crippen molar-refractivity contribution in [3.8, 4) is 11.5 Å². The number of fused-ring (bicyclic) bond motifs is 1. The number of anilines is 3. The highest BCUT2D eigenvalue weighted by Gasteiger charge is 2.28. The van der Waals surface area contributed by atoms with Crippen LogP contribution in [-0.2, 0) is 9.59 Å². The fourth-order valence-electron chi connectivity index (χ4n) is 2.27. The molecule has 1 aliphatic heterocycles. The molecule has 1 aromatic heterocycles. The van der Waals surface area contributed by atoms with Gasteiger partial charge in [0.05, 0.1) is 7.11 Å². The average Bonchev–Trinajstić information content (AvgIpc) is 2.58. The molecule has 0 saturated heterocycles. The summed E-state index contributed by atoms with van der Waals surface area (Å²) in [5.41, 5.74) is 6.25. The first-order chi connectivity index (χ1) is 11.6. The van der Waals surface area contributed by atoms with E-state index in [1.165, 1.54) is 4.90 Å². The number of pyridine rings is 1. The number of nitrogens with two attached hydrogens (primary N) is 1. The zero-order valence-electron chi connectivity index (χ0n) is 13.0. The summed E-state index contributed by atoms with van der Waals surface area (Å²) >= 11 is 0. The molecule has 3 N–H and O–H groups in total. The first kappa shape index (κ1) is 15.6. The molecular weight excluding hydrogens is 312 g/mol. The second-order valence-electron chi connectivity index (χ2n) is 5.10. The number of rotatable bonds is 4. The summed E-state index contributed by atoms with van der Waals surface area (Å²) in [6.07, 6.45) is 0. The molecular formula is C16H16N4O4. The molecule has 0 aliphatic carbocycles. The molecule has 1 aliphatic rings. The van der Waals surface area contributed by atoms with Gasteiger partial charge >= 0.3 is 0 Å². The van der Waals surface area contributed by atoms with Crippen LogP contribution in [0.3, 0.4) is 0 Å². The van der Waals surface area contributed by atoms with E-state index in [1.807, 2.05) is 0 Å². The van der Waals surface area contributed by atoms with Crippen molar-refractivity contribution in [2.45, 2.75) is 0 Å². The van der Waals surface area contributed by atoms with Gasteiger partial charge in [-0.2, -0.15) is 0 Å². The Morgan fingerprint density at radius 1 is 1.33 bits per heavy atom. The lowest BCUT2D eigenvalue weighted by molar-refractivity contribution is -0.123. The second-order valence-corrected chi connectivity index (χ2v) is 5.10. The fraction of sp³-hybridized carbons (Fsp3) is 0.188. The maximum Gasteiger partial charge on any atom is 0.266 e. The SMILES string of the molecule is COc1ccc(NC(=O)CN2C(=O)COc3ccc(N)nc32)cc1. The van der Waals surface area contributed by atoms with Gasteiger partial charge in [0.1, 0.15) is 18.1 Å². The molecule has 2 amide bonds. The van der Waals surface area contributed by atoms with Crippen LogP contribution in [-0.4, -0.2) is 37.1 Å². The molecule has 2 aromatic rings. The summed E-state index contributed by atoms with van der Waals surface area (Å²) in [7, 11) is 1.56. The summed E-state index contributed by atoms with van der Waals surface area (Å²) in [5, 5.41) is 2.72. The van der Waals surface area contributed by atoms with E-state index in [4.69, 9.17) is 15.2 Å². The van der Waals surface area contributed by atoms with Crippen molar-refractivity contribution in [2.75, 3.05) is 36.2 Å². The molecule has 0 atom stereocenters. The van der Waals surface area contributed by atoms with Crippen LogP contribution in [0.5, 0.6) is 11.5 Å². The largest absolute Gasteiger partial charge is 0.497 e. The zero-order chi connectivity index (χ0) is 17.1. The van der Waals surface area contributed by atoms with Crippen LogP contribution in [0.4, 0.5) is 17.3 Å². The number of nitrogen functional groups attached to an aromatic ring is 1. The third-order valence-corrected chi connectivity index (χ3v) is 3.44. The van der Waals surface area contributed by atoms with Crippen LogP contribution < -0.4 is 25.4 Å². The van der Waals surface area contributed by atoms with Crippen LogP contribution in [0, 0.1) is 0 Å². The minimum absolute atomic E-state index is 0.144. The minimum atomic E-state index is -0.356. The van der Waals surface area contributed by atoms with Crippen molar-refractivity contribution in [3.63, 3.8) is 0 Å². The van der Waals surface area contributed by atoms with Crippen molar-refractivity contribution in [1.82, 2.24) is 4.98 Å². The number of nitrogens with zero attached hydrogens (tertiary/aromatic N) is 2. The van der Waals surface area contributed by atoms with Crippen molar-refractivity contribution >= 4 is 29.1 Å². The Balaban J connectivity index is 1.74. The number of amides is 2. The van der Waals surface area contributed by atoms with E-state index < -0.39 is 0 Å². The van der Waals surface area contributed by atoms with E-state index in [0.29, 0.717) is 17.2 Å². The van der Waals surface area contributed by atoms with E-state index in [-0.39, 0.29) is 36.6 Å². The molecule has 0 bridgehead atoms. The topological polar surface area (TPSA) is 107 Å². The number of methoxy groups -OCH3 is 1. The molecule has 2 heterocycles. The van der Waals surface area contributed by atoms with Gasteiger partial charge in [-0.1, -0.05) is 0 Å². The molecule has 0 unspecified atom stereocenters. The van der Waals surface area contributed by atoms with E-state index in [2.05, 4.69) is 10.3 Å². The highest BCUT2D eigenvalue weighted by atomic mass is 16.5. The Kier molecular flexibility index (Phi) is 4.19. The third-order valence-electron chi connectivity index (χ3n) is 3.44. The molecule has 1 aromatic carbocycles. The van der Waals surface area contributed by atoms with Gasteiger partial charge in [-0.25, -0.2) is 4.98 Å². The van der Waals surface area contributed by atoms with Gasteiger partial charge in [0.15, 0.2) is 18.2 Å². The van der Waals surface area contributed by atoms with Crippen molar-refractivity contribution in [1.29, 1.82) is 0 Å². The molecule has 3 rings (SSSR count). The molecule has 0 saturated carbocycles. The van der Waals surface area contributed by atoms with Crippen LogP contribution in [0.1, 0.15) is 0 Å². The van der Waals surface area contributed by atoms with E-state index in [0.717, 1.165) is 0 Å². The number of ether oxygens (including phenoxy) is 2. The van der Waals surface area contributed by atoms with Gasteiger partial charge in [0, 0.05) is 5.69 Å². The summed E-state index contributed by atoms with van der Waals surface area (Å²) in [6, 6.07) is 10.1. The Bertz CT molecular complexity index is 776. The standard InChI is InChI=1S/C16H16N4O4/c1-23-11-4-2-10(3-5-11)18-14(21)8-20-15(22)9-24-12-6-7-13(17)19-16(12)20/h2-7H,8-9H2,1H3,(H2,17,19)(H,18,21). The van der Waals surface area contributed by atoms with E-state index >= 15 is 0 Å². The Morgan fingerprint density at radius 2 is 2.08 bits per heavy atom. The van der Waals surface area contributed by atoms with Crippen molar-refractivity contribution in [3.05, 3.63) is 36.4 Å². The smallest absolute Gasteiger partial charge is 0.266 e. The number of hydrogen-bond acceptors (Lipinski definition) is 6. The Morgan fingerprint density at radius 3 is 2.79 bits per heavy atom. The van der Waals surface area contributed by atoms with Crippen LogP contribution in [0.15, 0.2) is 36.4 Å². The van der Waals surface area contributed by atoms with Gasteiger partial charge in [0.2, 0.25) is 5.91 Å². The predicted molar refractivity (Wildman–Crippen MR) is 88.1 cm³/mol. The van der Waals surface area contributed by atoms with Gasteiger partial charge in [-0.15, -0.1) is 0 Å². The van der Waals surface area contributed by atoms with E-state index in [9.17, 15) is 9.59 Å². The molecule has 0 spiro atoms. The van der Waals surface area contributed by atoms with Crippen LogP contribution >= 0.6 is 0 Å². The maximum absolute atomic E-state index is 12.2. The number of benzene rings is 1. The van der Waals surface area contributed by atoms with E-state index in [1.54, 1.807) is 43.5 Å². The van der Waals surface area contributed by atoms with Crippen molar-refractivity contribution in [2.24, 2.45) is 0 Å². The highest BCUT2D eigenvalue weighted by Crippen LogP contribution is 2.30. The predicted octanol–water partition coefficient (Wildman–Crippen LogP) is 1.04. The van der Waals surface area contributed by atoms with Crippen LogP contribution in [0.2, 0.25) is 0 Å². The van der Waals surface area contributed by atoms with Gasteiger partial charge in [-0.3, -0.25) is 14.5 Å².